The van der Waals surface area contributed by atoms with Gasteiger partial charge in [-0.25, -0.2) is 10.5 Å². The highest BCUT2D eigenvalue weighted by Crippen LogP contribution is 2.39. The van der Waals surface area contributed by atoms with Crippen molar-refractivity contribution in [1.29, 1.82) is 5.53 Å². The molecule has 166 valence electrons. The third-order valence-electron chi connectivity index (χ3n) is 5.28. The summed E-state index contributed by atoms with van der Waals surface area (Å²) in [5.74, 6) is 0.180. The molecule has 8 nitrogen and oxygen atoms in total. The van der Waals surface area contributed by atoms with E-state index in [2.05, 4.69) is 41.0 Å². The molecule has 1 aliphatic rings. The van der Waals surface area contributed by atoms with Gasteiger partial charge in [-0.2, -0.15) is 5.11 Å². The summed E-state index contributed by atoms with van der Waals surface area (Å²) in [4.78, 5) is 17.7. The molecule has 0 bridgehead atoms. The number of nitrogens with zero attached hydrogens (tertiary/aromatic N) is 3. The molecular weight excluding hydrogens is 443 g/mol. The van der Waals surface area contributed by atoms with Gasteiger partial charge in [0.15, 0.2) is 5.70 Å². The molecule has 2 aromatic heterocycles. The first-order chi connectivity index (χ1) is 15.3. The van der Waals surface area contributed by atoms with Crippen LogP contribution in [0.15, 0.2) is 70.7 Å². The van der Waals surface area contributed by atoms with Gasteiger partial charge in [-0.1, -0.05) is 32.3 Å². The van der Waals surface area contributed by atoms with E-state index in [1.165, 1.54) is 24.6 Å². The molecule has 1 fully saturated rings. The highest BCUT2D eigenvalue weighted by molar-refractivity contribution is 8.20. The van der Waals surface area contributed by atoms with Gasteiger partial charge in [-0.05, 0) is 42.0 Å². The van der Waals surface area contributed by atoms with Crippen molar-refractivity contribution >= 4 is 28.7 Å². The minimum Gasteiger partial charge on any atom is -0.383 e. The van der Waals surface area contributed by atoms with E-state index in [1.807, 2.05) is 22.7 Å². The molecule has 10 heteroatoms. The topological polar surface area (TPSA) is 112 Å². The van der Waals surface area contributed by atoms with E-state index >= 15 is 0 Å². The van der Waals surface area contributed by atoms with Crippen molar-refractivity contribution in [2.75, 3.05) is 6.26 Å². The smallest absolute Gasteiger partial charge is 0.273 e. The number of carbonyl (C=O) groups excluding carboxylic acids is 1. The van der Waals surface area contributed by atoms with Crippen LogP contribution in [0.3, 0.4) is 0 Å². The second-order valence-corrected chi connectivity index (χ2v) is 12.4. The number of carbonyl (C=O) groups is 1. The standard InChI is InChI=1S/C22H25N6O2PS/c1-32(30,31)20-5-3-2-4-16(20)10-25-22(29)19(27-23)12-24-11-18-14-28-13-17(15-6-7-15)8-9-21(28)26-18/h2-5,8-9,12-15,23-24,31H,6-7,10-11H2,1H3,(H,25,29)/b19-12-,27-23?. The third kappa shape index (κ3) is 5.23. The summed E-state index contributed by atoms with van der Waals surface area (Å²) in [6.07, 6.45) is 9.57. The van der Waals surface area contributed by atoms with Gasteiger partial charge in [0.05, 0.1) is 12.2 Å². The lowest BCUT2D eigenvalue weighted by atomic mass is 10.2. The molecule has 0 aliphatic heterocycles. The fraction of sp³-hybridized carbons (Fsp3) is 0.273. The second kappa shape index (κ2) is 9.22. The SMILES string of the molecule is CS(=O)(=P)c1ccccc1CNC(=O)/C(=C/NCc1cn2cc(C3CC3)ccc2n1)N=N. The quantitative estimate of drug-likeness (QED) is 0.252. The Kier molecular flexibility index (Phi) is 6.39. The Morgan fingerprint density at radius 3 is 2.78 bits per heavy atom. The number of hydrogen-bond donors (Lipinski definition) is 3. The Hall–Kier alpha value is -3.03. The van der Waals surface area contributed by atoms with E-state index in [9.17, 15) is 9.00 Å². The second-order valence-electron chi connectivity index (χ2n) is 7.89. The minimum atomic E-state index is -2.36. The maximum atomic E-state index is 12.5. The van der Waals surface area contributed by atoms with Gasteiger partial charge in [-0.15, -0.1) is 0 Å². The number of benzene rings is 1. The minimum absolute atomic E-state index is 0.0575. The molecule has 1 atom stereocenters. The van der Waals surface area contributed by atoms with Gasteiger partial charge in [0.1, 0.15) is 5.65 Å². The van der Waals surface area contributed by atoms with E-state index < -0.39 is 15.0 Å². The summed E-state index contributed by atoms with van der Waals surface area (Å²) in [7, 11) is 0.905. The summed E-state index contributed by atoms with van der Waals surface area (Å²) in [6, 6.07) is 11.3. The molecule has 3 N–H and O–H groups in total. The maximum Gasteiger partial charge on any atom is 0.273 e. The molecule has 0 saturated heterocycles. The lowest BCUT2D eigenvalue weighted by Gasteiger charge is -2.11. The van der Waals surface area contributed by atoms with Gasteiger partial charge < -0.3 is 15.0 Å². The Bertz CT molecular complexity index is 1310. The van der Waals surface area contributed by atoms with Crippen LogP contribution in [0.2, 0.25) is 0 Å². The molecule has 0 spiro atoms. The van der Waals surface area contributed by atoms with Gasteiger partial charge in [0.2, 0.25) is 0 Å². The van der Waals surface area contributed by atoms with Crippen molar-refractivity contribution in [2.24, 2.45) is 5.11 Å². The summed E-state index contributed by atoms with van der Waals surface area (Å²) in [5.41, 5.74) is 11.0. The van der Waals surface area contributed by atoms with Crippen molar-refractivity contribution in [1.82, 2.24) is 20.0 Å². The van der Waals surface area contributed by atoms with Crippen molar-refractivity contribution < 1.29 is 9.00 Å². The van der Waals surface area contributed by atoms with E-state index in [0.29, 0.717) is 17.4 Å². The summed E-state index contributed by atoms with van der Waals surface area (Å²) in [5, 5.41) is 9.07. The van der Waals surface area contributed by atoms with Gasteiger partial charge >= 0.3 is 0 Å². The predicted octanol–water partition coefficient (Wildman–Crippen LogP) is 3.82. The van der Waals surface area contributed by atoms with Crippen LogP contribution >= 0.6 is 8.02 Å². The highest BCUT2D eigenvalue weighted by atomic mass is 32.5. The highest BCUT2D eigenvalue weighted by Gasteiger charge is 2.23. The van der Waals surface area contributed by atoms with E-state index in [-0.39, 0.29) is 12.2 Å². The van der Waals surface area contributed by atoms with Crippen LogP contribution in [0.4, 0.5) is 0 Å². The lowest BCUT2D eigenvalue weighted by molar-refractivity contribution is -0.117. The first kappa shape index (κ1) is 22.2. The zero-order valence-electron chi connectivity index (χ0n) is 17.7. The summed E-state index contributed by atoms with van der Waals surface area (Å²) in [6.45, 7) is 0.573. The Balaban J connectivity index is 1.37. The van der Waals surface area contributed by atoms with Crippen molar-refractivity contribution in [3.8, 4) is 0 Å². The molecule has 4 rings (SSSR count). The van der Waals surface area contributed by atoms with Crippen LogP contribution in [0.25, 0.3) is 5.65 Å². The van der Waals surface area contributed by atoms with Crippen LogP contribution in [0.5, 0.6) is 0 Å². The zero-order valence-corrected chi connectivity index (χ0v) is 19.5. The number of amides is 1. The lowest BCUT2D eigenvalue weighted by Crippen LogP contribution is -2.25. The van der Waals surface area contributed by atoms with Crippen molar-refractivity contribution in [2.45, 2.75) is 36.7 Å². The van der Waals surface area contributed by atoms with Crippen LogP contribution in [0.1, 0.15) is 35.6 Å². The third-order valence-corrected chi connectivity index (χ3v) is 7.18. The number of fused-ring (bicyclic) bond motifs is 1. The van der Waals surface area contributed by atoms with Gasteiger partial charge in [-0.3, -0.25) is 9.00 Å². The average Bonchev–Trinajstić information content (AvgIpc) is 3.54. The fourth-order valence-electron chi connectivity index (χ4n) is 3.50. The zero-order chi connectivity index (χ0) is 22.7. The number of pyridine rings is 1. The van der Waals surface area contributed by atoms with E-state index in [4.69, 9.17) is 5.53 Å². The average molecular weight is 469 g/mol. The monoisotopic (exact) mass is 468 g/mol. The van der Waals surface area contributed by atoms with Crippen molar-refractivity contribution in [3.63, 3.8) is 0 Å². The maximum absolute atomic E-state index is 12.5. The van der Waals surface area contributed by atoms with E-state index in [0.717, 1.165) is 16.9 Å². The molecule has 1 unspecified atom stereocenters. The predicted molar refractivity (Wildman–Crippen MR) is 126 cm³/mol. The molecule has 3 aromatic rings. The number of rotatable bonds is 9. The summed E-state index contributed by atoms with van der Waals surface area (Å²) >= 11 is 0. The molecule has 1 saturated carbocycles. The molecule has 2 heterocycles. The largest absolute Gasteiger partial charge is 0.383 e. The number of hydrogen-bond acceptors (Lipinski definition) is 6. The summed E-state index contributed by atoms with van der Waals surface area (Å²) < 4.78 is 14.4. The first-order valence-electron chi connectivity index (χ1n) is 10.2. The molecule has 1 aliphatic carbocycles. The van der Waals surface area contributed by atoms with Crippen LogP contribution < -0.4 is 10.6 Å². The van der Waals surface area contributed by atoms with Gasteiger partial charge in [0.25, 0.3) is 5.91 Å². The first-order valence-corrected chi connectivity index (χ1v) is 13.4. The van der Waals surface area contributed by atoms with Crippen LogP contribution in [-0.2, 0) is 27.0 Å². The normalized spacial score (nSPS) is 15.8. The van der Waals surface area contributed by atoms with E-state index in [1.54, 1.807) is 24.5 Å². The van der Waals surface area contributed by atoms with Crippen molar-refractivity contribution in [3.05, 3.63) is 77.5 Å². The molecule has 32 heavy (non-hydrogen) atoms. The molecule has 0 radical (unpaired) electrons. The molecule has 1 amide bonds. The Morgan fingerprint density at radius 1 is 1.28 bits per heavy atom. The van der Waals surface area contributed by atoms with Crippen LogP contribution in [0, 0.1) is 5.53 Å². The Morgan fingerprint density at radius 2 is 2.06 bits per heavy atom. The van der Waals surface area contributed by atoms with Gasteiger partial charge in [0, 0.05) is 45.4 Å². The number of imidazole rings is 1. The molecular formula is C22H25N6O2PS. The number of aromatic nitrogens is 2. The van der Waals surface area contributed by atoms with Crippen LogP contribution in [-0.4, -0.2) is 25.8 Å². The Labute approximate surface area is 188 Å². The fourth-order valence-corrected chi connectivity index (χ4v) is 5.08. The number of nitrogens with one attached hydrogen (secondary N) is 3. The molecule has 1 aromatic carbocycles.